The monoisotopic (exact) mass is 412 g/mol. The number of amides is 1. The molecule has 0 saturated heterocycles. The molecule has 0 unspecified atom stereocenters. The van der Waals surface area contributed by atoms with Crippen molar-refractivity contribution in [3.05, 3.63) is 77.3 Å². The van der Waals surface area contributed by atoms with E-state index in [1.807, 2.05) is 13.0 Å². The summed E-state index contributed by atoms with van der Waals surface area (Å²) in [6.07, 6.45) is 0. The van der Waals surface area contributed by atoms with E-state index in [9.17, 15) is 13.2 Å². The van der Waals surface area contributed by atoms with Crippen LogP contribution in [0.25, 0.3) is 0 Å². The molecule has 1 amide bonds. The first-order valence-corrected chi connectivity index (χ1v) is 10.5. The van der Waals surface area contributed by atoms with Gasteiger partial charge in [0, 0.05) is 10.7 Å². The molecule has 0 atom stereocenters. The Hall–Kier alpha value is -2.83. The molecule has 142 valence electrons. The van der Waals surface area contributed by atoms with Gasteiger partial charge in [-0.05, 0) is 48.9 Å². The van der Waals surface area contributed by atoms with Gasteiger partial charge in [-0.25, -0.2) is 8.42 Å². The molecule has 0 aliphatic carbocycles. The average Bonchev–Trinajstić information content (AvgIpc) is 2.68. The zero-order chi connectivity index (χ0) is 19.9. The summed E-state index contributed by atoms with van der Waals surface area (Å²) in [6, 6.07) is 18.7. The lowest BCUT2D eigenvalue weighted by atomic mass is 10.2. The Morgan fingerprint density at radius 3 is 2.14 bits per heavy atom. The third-order valence-corrected chi connectivity index (χ3v) is 6.75. The number of halogens is 1. The number of carbonyl (C=O) groups is 1. The van der Waals surface area contributed by atoms with Crippen molar-refractivity contribution in [2.45, 2.75) is 16.7 Å². The van der Waals surface area contributed by atoms with Crippen molar-refractivity contribution in [1.82, 2.24) is 0 Å². The number of hydrogen-bond acceptors (Lipinski definition) is 4. The second-order valence-electron chi connectivity index (χ2n) is 6.53. The number of nitrogens with zero attached hydrogens (tertiary/aromatic N) is 1. The molecule has 3 aromatic carbocycles. The van der Waals surface area contributed by atoms with Crippen molar-refractivity contribution < 1.29 is 13.2 Å². The quantitative estimate of drug-likeness (QED) is 0.684. The molecule has 3 aromatic rings. The van der Waals surface area contributed by atoms with Crippen LogP contribution in [-0.2, 0) is 14.6 Å². The van der Waals surface area contributed by atoms with Gasteiger partial charge in [-0.15, -0.1) is 0 Å². The lowest BCUT2D eigenvalue weighted by molar-refractivity contribution is -0.114. The maximum absolute atomic E-state index is 13.0. The van der Waals surface area contributed by atoms with Crippen LogP contribution >= 0.6 is 11.6 Å². The minimum Gasteiger partial charge on any atom is -0.330 e. The second-order valence-corrected chi connectivity index (χ2v) is 8.86. The number of benzene rings is 3. The van der Waals surface area contributed by atoms with E-state index in [2.05, 4.69) is 5.32 Å². The van der Waals surface area contributed by atoms with E-state index in [0.717, 1.165) is 5.56 Å². The normalized spacial score (nSPS) is 14.1. The largest absolute Gasteiger partial charge is 0.330 e. The number of para-hydroxylation sites is 2. The molecule has 0 saturated carbocycles. The van der Waals surface area contributed by atoms with Crippen molar-refractivity contribution in [2.24, 2.45) is 0 Å². The summed E-state index contributed by atoms with van der Waals surface area (Å²) < 4.78 is 25.9. The van der Waals surface area contributed by atoms with Gasteiger partial charge < -0.3 is 10.2 Å². The van der Waals surface area contributed by atoms with E-state index in [0.29, 0.717) is 22.1 Å². The number of rotatable bonds is 3. The fraction of sp³-hybridized carbons (Fsp3) is 0.0952. The Kier molecular flexibility index (Phi) is 4.61. The van der Waals surface area contributed by atoms with E-state index in [-0.39, 0.29) is 22.2 Å². The van der Waals surface area contributed by atoms with Crippen LogP contribution in [0.4, 0.5) is 17.1 Å². The molecule has 0 fully saturated rings. The van der Waals surface area contributed by atoms with Crippen molar-refractivity contribution >= 4 is 44.4 Å². The van der Waals surface area contributed by atoms with E-state index in [1.165, 1.54) is 0 Å². The van der Waals surface area contributed by atoms with Gasteiger partial charge in [0.05, 0.1) is 21.2 Å². The molecule has 0 aromatic heterocycles. The number of fused-ring (bicyclic) bond motifs is 2. The highest BCUT2D eigenvalue weighted by Crippen LogP contribution is 2.43. The van der Waals surface area contributed by atoms with Crippen LogP contribution in [0, 0.1) is 6.92 Å². The van der Waals surface area contributed by atoms with Crippen LogP contribution in [0.5, 0.6) is 0 Å². The van der Waals surface area contributed by atoms with E-state index < -0.39 is 9.84 Å². The summed E-state index contributed by atoms with van der Waals surface area (Å²) in [6.45, 7) is 1.85. The lowest BCUT2D eigenvalue weighted by Gasteiger charge is -2.32. The molecule has 0 radical (unpaired) electrons. The molecule has 5 nitrogen and oxygen atoms in total. The van der Waals surface area contributed by atoms with Gasteiger partial charge in [-0.2, -0.15) is 0 Å². The zero-order valence-electron chi connectivity index (χ0n) is 15.0. The summed E-state index contributed by atoms with van der Waals surface area (Å²) in [5, 5.41) is 3.39. The van der Waals surface area contributed by atoms with Crippen molar-refractivity contribution in [1.29, 1.82) is 0 Å². The summed E-state index contributed by atoms with van der Waals surface area (Å²) in [5.74, 6) is -0.269. The van der Waals surface area contributed by atoms with Crippen LogP contribution in [0.15, 0.2) is 76.5 Å². The van der Waals surface area contributed by atoms with E-state index >= 15 is 0 Å². The van der Waals surface area contributed by atoms with Gasteiger partial charge in [0.15, 0.2) is 0 Å². The van der Waals surface area contributed by atoms with Crippen LogP contribution in [0.2, 0.25) is 5.02 Å². The predicted molar refractivity (Wildman–Crippen MR) is 110 cm³/mol. The van der Waals surface area contributed by atoms with Crippen LogP contribution in [-0.4, -0.2) is 20.9 Å². The molecule has 0 bridgehead atoms. The molecule has 7 heteroatoms. The highest BCUT2D eigenvalue weighted by molar-refractivity contribution is 7.92. The fourth-order valence-electron chi connectivity index (χ4n) is 3.30. The van der Waals surface area contributed by atoms with Gasteiger partial charge in [0.1, 0.15) is 6.54 Å². The SMILES string of the molecule is Cc1ccc(Cl)cc1NC(=O)CN1c2ccccc2S(=O)(=O)c2ccccc21. The average molecular weight is 413 g/mol. The molecule has 0 spiro atoms. The molecular weight excluding hydrogens is 396 g/mol. The van der Waals surface area contributed by atoms with Crippen molar-refractivity contribution in [2.75, 3.05) is 16.8 Å². The Balaban J connectivity index is 1.72. The van der Waals surface area contributed by atoms with Gasteiger partial charge in [-0.1, -0.05) is 41.9 Å². The third-order valence-electron chi connectivity index (χ3n) is 4.67. The lowest BCUT2D eigenvalue weighted by Crippen LogP contribution is -2.33. The first-order chi connectivity index (χ1) is 13.4. The second kappa shape index (κ2) is 6.96. The molecule has 28 heavy (non-hydrogen) atoms. The molecule has 4 rings (SSSR count). The first-order valence-electron chi connectivity index (χ1n) is 8.64. The highest BCUT2D eigenvalue weighted by atomic mass is 35.5. The van der Waals surface area contributed by atoms with Crippen LogP contribution in [0.3, 0.4) is 0 Å². The van der Waals surface area contributed by atoms with Crippen molar-refractivity contribution in [3.63, 3.8) is 0 Å². The maximum atomic E-state index is 13.0. The van der Waals surface area contributed by atoms with Crippen molar-refractivity contribution in [3.8, 4) is 0 Å². The standard InChI is InChI=1S/C21H17ClN2O3S/c1-14-10-11-15(22)12-16(14)23-21(25)13-24-17-6-2-4-8-19(17)28(26,27)20-9-5-3-7-18(20)24/h2-12H,13H2,1H3,(H,23,25). The first kappa shape index (κ1) is 18.5. The summed E-state index contributed by atoms with van der Waals surface area (Å²) in [4.78, 5) is 14.9. The molecular formula is C21H17ClN2O3S. The van der Waals surface area contributed by atoms with E-state index in [1.54, 1.807) is 65.6 Å². The zero-order valence-corrected chi connectivity index (χ0v) is 16.6. The third kappa shape index (κ3) is 3.15. The fourth-order valence-corrected chi connectivity index (χ4v) is 5.13. The van der Waals surface area contributed by atoms with Crippen LogP contribution < -0.4 is 10.2 Å². The Morgan fingerprint density at radius 1 is 0.964 bits per heavy atom. The Bertz CT molecular complexity index is 1140. The van der Waals surface area contributed by atoms with Gasteiger partial charge in [0.25, 0.3) is 0 Å². The number of anilines is 3. The van der Waals surface area contributed by atoms with Gasteiger partial charge in [0.2, 0.25) is 15.7 Å². The Labute approximate surface area is 168 Å². The highest BCUT2D eigenvalue weighted by Gasteiger charge is 2.34. The summed E-state index contributed by atoms with van der Waals surface area (Å²) in [5.41, 5.74) is 2.49. The molecule has 1 N–H and O–H groups in total. The number of hydrogen-bond donors (Lipinski definition) is 1. The van der Waals surface area contributed by atoms with Gasteiger partial charge in [-0.3, -0.25) is 4.79 Å². The molecule has 1 heterocycles. The number of sulfone groups is 1. The minimum absolute atomic E-state index is 0.0322. The Morgan fingerprint density at radius 2 is 1.54 bits per heavy atom. The predicted octanol–water partition coefficient (Wildman–Crippen LogP) is 4.57. The number of carbonyl (C=O) groups excluding carboxylic acids is 1. The summed E-state index contributed by atoms with van der Waals surface area (Å²) in [7, 11) is -3.63. The minimum atomic E-state index is -3.63. The number of aryl methyl sites for hydroxylation is 1. The molecule has 1 aliphatic rings. The van der Waals surface area contributed by atoms with Crippen LogP contribution in [0.1, 0.15) is 5.56 Å². The number of nitrogens with one attached hydrogen (secondary N) is 1. The maximum Gasteiger partial charge on any atom is 0.244 e. The topological polar surface area (TPSA) is 66.5 Å². The van der Waals surface area contributed by atoms with E-state index in [4.69, 9.17) is 11.6 Å². The smallest absolute Gasteiger partial charge is 0.244 e. The van der Waals surface area contributed by atoms with Gasteiger partial charge >= 0.3 is 0 Å². The molecule has 1 aliphatic heterocycles. The summed E-state index contributed by atoms with van der Waals surface area (Å²) >= 11 is 6.03.